The third-order valence-electron chi connectivity index (χ3n) is 2.03. The van der Waals surface area contributed by atoms with Crippen molar-refractivity contribution in [2.24, 2.45) is 5.84 Å². The zero-order valence-corrected chi connectivity index (χ0v) is 7.93. The smallest absolute Gasteiger partial charge is 0.271 e. The van der Waals surface area contributed by atoms with E-state index in [4.69, 9.17) is 5.84 Å². The molecule has 1 unspecified atom stereocenters. The van der Waals surface area contributed by atoms with Crippen molar-refractivity contribution in [2.75, 3.05) is 0 Å². The molecule has 0 radical (unpaired) electrons. The number of nitrogens with two attached hydrogens (primary N) is 1. The molecule has 0 heterocycles. The summed E-state index contributed by atoms with van der Waals surface area (Å²) in [6.45, 7) is 0. The molecule has 0 aliphatic carbocycles. The van der Waals surface area contributed by atoms with Crippen LogP contribution in [0.2, 0.25) is 0 Å². The van der Waals surface area contributed by atoms with Crippen LogP contribution in [0.25, 0.3) is 0 Å². The summed E-state index contributed by atoms with van der Waals surface area (Å²) >= 11 is 0. The highest BCUT2D eigenvalue weighted by Crippen LogP contribution is 2.30. The van der Waals surface area contributed by atoms with Gasteiger partial charge in [-0.05, 0) is 17.7 Å². The summed E-state index contributed by atoms with van der Waals surface area (Å²) in [6.07, 6.45) is -7.27. The zero-order chi connectivity index (χ0) is 12.3. The van der Waals surface area contributed by atoms with E-state index in [0.29, 0.717) is 0 Å². The number of hydrogen-bond acceptors (Lipinski definition) is 2. The second kappa shape index (κ2) is 4.75. The van der Waals surface area contributed by atoms with Crippen LogP contribution in [0.4, 0.5) is 22.0 Å². The number of alkyl halides is 5. The van der Waals surface area contributed by atoms with E-state index < -0.39 is 24.2 Å². The lowest BCUT2D eigenvalue weighted by Crippen LogP contribution is -2.32. The van der Waals surface area contributed by atoms with Crippen molar-refractivity contribution >= 4 is 0 Å². The van der Waals surface area contributed by atoms with Gasteiger partial charge in [0, 0.05) is 0 Å². The van der Waals surface area contributed by atoms with E-state index in [0.717, 1.165) is 24.3 Å². The van der Waals surface area contributed by atoms with Gasteiger partial charge in [0.05, 0.1) is 5.56 Å². The lowest BCUT2D eigenvalue weighted by Gasteiger charge is -2.15. The quantitative estimate of drug-likeness (QED) is 0.484. The molecule has 2 nitrogen and oxygen atoms in total. The molecule has 0 saturated heterocycles. The second-order valence-corrected chi connectivity index (χ2v) is 3.10. The first-order valence-corrected chi connectivity index (χ1v) is 4.27. The summed E-state index contributed by atoms with van der Waals surface area (Å²) in [5, 5.41) is 0. The second-order valence-electron chi connectivity index (χ2n) is 3.10. The number of nitrogens with one attached hydrogen (secondary N) is 1. The number of halogens is 5. The highest BCUT2D eigenvalue weighted by atomic mass is 19.4. The maximum absolute atomic E-state index is 12.4. The molecule has 1 aromatic carbocycles. The van der Waals surface area contributed by atoms with Gasteiger partial charge >= 0.3 is 6.18 Å². The molecule has 0 spiro atoms. The van der Waals surface area contributed by atoms with Gasteiger partial charge in [0.1, 0.15) is 6.04 Å². The topological polar surface area (TPSA) is 38.0 Å². The fraction of sp³-hybridized carbons (Fsp3) is 0.333. The van der Waals surface area contributed by atoms with Gasteiger partial charge in [0.15, 0.2) is 0 Å². The first kappa shape index (κ1) is 12.9. The maximum Gasteiger partial charge on any atom is 0.416 e. The average molecular weight is 240 g/mol. The Morgan fingerprint density at radius 2 is 1.56 bits per heavy atom. The van der Waals surface area contributed by atoms with Crippen LogP contribution in [0.3, 0.4) is 0 Å². The Bertz CT molecular complexity index is 333. The lowest BCUT2D eigenvalue weighted by atomic mass is 10.1. The first-order valence-electron chi connectivity index (χ1n) is 4.27. The summed E-state index contributed by atoms with van der Waals surface area (Å²) in [7, 11) is 0. The van der Waals surface area contributed by atoms with Gasteiger partial charge in [0.25, 0.3) is 6.43 Å². The van der Waals surface area contributed by atoms with Crippen molar-refractivity contribution in [1.82, 2.24) is 5.43 Å². The van der Waals surface area contributed by atoms with Gasteiger partial charge in [-0.25, -0.2) is 14.2 Å². The van der Waals surface area contributed by atoms with Crippen molar-refractivity contribution in [3.63, 3.8) is 0 Å². The van der Waals surface area contributed by atoms with Crippen molar-refractivity contribution in [3.05, 3.63) is 35.4 Å². The number of benzene rings is 1. The minimum atomic E-state index is -4.48. The third-order valence-corrected chi connectivity index (χ3v) is 2.03. The predicted molar refractivity (Wildman–Crippen MR) is 47.5 cm³/mol. The van der Waals surface area contributed by atoms with Crippen LogP contribution >= 0.6 is 0 Å². The predicted octanol–water partition coefficient (Wildman–Crippen LogP) is 2.47. The molecule has 7 heteroatoms. The van der Waals surface area contributed by atoms with Gasteiger partial charge < -0.3 is 0 Å². The summed E-state index contributed by atoms with van der Waals surface area (Å²) < 4.78 is 61.2. The van der Waals surface area contributed by atoms with E-state index in [9.17, 15) is 22.0 Å². The molecule has 0 aromatic heterocycles. The van der Waals surface area contributed by atoms with Crippen molar-refractivity contribution < 1.29 is 22.0 Å². The largest absolute Gasteiger partial charge is 0.416 e. The highest BCUT2D eigenvalue weighted by molar-refractivity contribution is 5.27. The van der Waals surface area contributed by atoms with Crippen molar-refractivity contribution in [2.45, 2.75) is 18.6 Å². The Balaban J connectivity index is 2.94. The fourth-order valence-corrected chi connectivity index (χ4v) is 1.19. The SMILES string of the molecule is NNC(c1ccc(C(F)(F)F)cc1)C(F)F. The summed E-state index contributed by atoms with van der Waals surface area (Å²) in [6, 6.07) is 1.95. The monoisotopic (exact) mass is 240 g/mol. The van der Waals surface area contributed by atoms with Gasteiger partial charge in [0.2, 0.25) is 0 Å². The van der Waals surface area contributed by atoms with Crippen molar-refractivity contribution in [3.8, 4) is 0 Å². The van der Waals surface area contributed by atoms with Gasteiger partial charge in [-0.3, -0.25) is 5.84 Å². The Kier molecular flexibility index (Phi) is 3.82. The number of rotatable bonds is 3. The molecule has 3 N–H and O–H groups in total. The number of hydrazine groups is 1. The molecule has 1 aromatic rings. The van der Waals surface area contributed by atoms with Crippen molar-refractivity contribution in [1.29, 1.82) is 0 Å². The van der Waals surface area contributed by atoms with Crippen LogP contribution < -0.4 is 11.3 Å². The van der Waals surface area contributed by atoms with Crippen LogP contribution in [-0.2, 0) is 6.18 Å². The van der Waals surface area contributed by atoms with E-state index in [1.807, 2.05) is 5.43 Å². The Morgan fingerprint density at radius 1 is 1.06 bits per heavy atom. The van der Waals surface area contributed by atoms with Crippen LogP contribution in [0.15, 0.2) is 24.3 Å². The summed E-state index contributed by atoms with van der Waals surface area (Å²) in [4.78, 5) is 0. The standard InChI is InChI=1S/C9H9F5N2/c10-8(11)7(16-15)5-1-3-6(4-2-5)9(12,13)14/h1-4,7-8,16H,15H2. The summed E-state index contributed by atoms with van der Waals surface area (Å²) in [5.41, 5.74) is 0.962. The minimum absolute atomic E-state index is 0.00509. The molecule has 0 amide bonds. The molecule has 0 aliphatic rings. The fourth-order valence-electron chi connectivity index (χ4n) is 1.19. The van der Waals surface area contributed by atoms with E-state index in [-0.39, 0.29) is 5.56 Å². The zero-order valence-electron chi connectivity index (χ0n) is 7.93. The maximum atomic E-state index is 12.4. The van der Waals surface area contributed by atoms with Crippen LogP contribution in [-0.4, -0.2) is 6.43 Å². The molecule has 0 bridgehead atoms. The molecule has 16 heavy (non-hydrogen) atoms. The van der Waals surface area contributed by atoms with E-state index >= 15 is 0 Å². The Hall–Kier alpha value is -1.21. The highest BCUT2D eigenvalue weighted by Gasteiger charge is 2.30. The third kappa shape index (κ3) is 2.89. The molecular formula is C9H9F5N2. The molecule has 0 aliphatic heterocycles. The van der Waals surface area contributed by atoms with Gasteiger partial charge in [-0.1, -0.05) is 12.1 Å². The van der Waals surface area contributed by atoms with Crippen LogP contribution in [0.5, 0.6) is 0 Å². The summed E-state index contributed by atoms with van der Waals surface area (Å²) in [5.74, 6) is 4.88. The molecule has 1 atom stereocenters. The van der Waals surface area contributed by atoms with Gasteiger partial charge in [-0.15, -0.1) is 0 Å². The lowest BCUT2D eigenvalue weighted by molar-refractivity contribution is -0.137. The first-order chi connectivity index (χ1) is 7.36. The van der Waals surface area contributed by atoms with Crippen LogP contribution in [0.1, 0.15) is 17.2 Å². The average Bonchev–Trinajstić information content (AvgIpc) is 2.17. The minimum Gasteiger partial charge on any atom is -0.271 e. The Labute approximate surface area is 88.2 Å². The van der Waals surface area contributed by atoms with Crippen LogP contribution in [0, 0.1) is 0 Å². The van der Waals surface area contributed by atoms with E-state index in [2.05, 4.69) is 0 Å². The van der Waals surface area contributed by atoms with E-state index in [1.165, 1.54) is 0 Å². The van der Waals surface area contributed by atoms with Gasteiger partial charge in [-0.2, -0.15) is 13.2 Å². The molecule has 0 saturated carbocycles. The molecule has 1 rings (SSSR count). The van der Waals surface area contributed by atoms with E-state index in [1.54, 1.807) is 0 Å². The molecule has 0 fully saturated rings. The molecule has 90 valence electrons. The normalized spacial score (nSPS) is 14.2. The Morgan fingerprint density at radius 3 is 1.88 bits per heavy atom. The number of hydrogen-bond donors (Lipinski definition) is 2. The molecular weight excluding hydrogens is 231 g/mol.